The van der Waals surface area contributed by atoms with E-state index in [9.17, 15) is 4.79 Å². The Morgan fingerprint density at radius 2 is 2.07 bits per heavy atom. The molecule has 1 amide bonds. The molecule has 14 heavy (non-hydrogen) atoms. The molecule has 0 heterocycles. The molecule has 0 aliphatic carbocycles. The summed E-state index contributed by atoms with van der Waals surface area (Å²) < 4.78 is 4.78. The second-order valence-corrected chi connectivity index (χ2v) is 2.68. The van der Waals surface area contributed by atoms with Crippen LogP contribution in [0.25, 0.3) is 0 Å². The molecule has 0 atom stereocenters. The van der Waals surface area contributed by atoms with Crippen molar-refractivity contribution in [1.82, 2.24) is 0 Å². The molecular weight excluding hydrogens is 178 g/mol. The maximum Gasteiger partial charge on any atom is 0.248 e. The highest BCUT2D eigenvalue weighted by molar-refractivity contribution is 5.92. The topological polar surface area (TPSA) is 52.3 Å². The first-order valence-electron chi connectivity index (χ1n) is 4.11. The molecule has 1 aromatic rings. The van der Waals surface area contributed by atoms with Crippen LogP contribution in [-0.4, -0.2) is 19.6 Å². The zero-order valence-corrected chi connectivity index (χ0v) is 7.91. The quantitative estimate of drug-likeness (QED) is 0.699. The smallest absolute Gasteiger partial charge is 0.248 e. The molecule has 0 spiro atoms. The van der Waals surface area contributed by atoms with E-state index in [4.69, 9.17) is 10.5 Å². The van der Waals surface area contributed by atoms with Crippen molar-refractivity contribution in [1.29, 1.82) is 0 Å². The van der Waals surface area contributed by atoms with Crippen LogP contribution in [0, 0.1) is 11.8 Å². The summed E-state index contributed by atoms with van der Waals surface area (Å²) in [6, 6.07) is 6.81. The fourth-order valence-electron chi connectivity index (χ4n) is 0.928. The van der Waals surface area contributed by atoms with E-state index in [1.807, 2.05) is 0 Å². The normalized spacial score (nSPS) is 8.93. The molecule has 1 aromatic carbocycles. The van der Waals surface area contributed by atoms with Crippen LogP contribution in [0.2, 0.25) is 0 Å². The number of hydrogen-bond acceptors (Lipinski definition) is 2. The van der Waals surface area contributed by atoms with Crippen LogP contribution >= 0.6 is 0 Å². The van der Waals surface area contributed by atoms with Gasteiger partial charge in [0.2, 0.25) is 5.91 Å². The fourth-order valence-corrected chi connectivity index (χ4v) is 0.928. The van der Waals surface area contributed by atoms with Crippen molar-refractivity contribution in [2.75, 3.05) is 13.7 Å². The monoisotopic (exact) mass is 189 g/mol. The van der Waals surface area contributed by atoms with Crippen LogP contribution in [0.15, 0.2) is 24.3 Å². The van der Waals surface area contributed by atoms with E-state index in [1.165, 1.54) is 0 Å². The number of methoxy groups -OCH3 is 1. The molecule has 0 aliphatic heterocycles. The molecule has 0 radical (unpaired) electrons. The van der Waals surface area contributed by atoms with Gasteiger partial charge >= 0.3 is 0 Å². The summed E-state index contributed by atoms with van der Waals surface area (Å²) >= 11 is 0. The Kier molecular flexibility index (Phi) is 3.71. The third-order valence-electron chi connectivity index (χ3n) is 1.62. The fraction of sp³-hybridized carbons (Fsp3) is 0.182. The van der Waals surface area contributed by atoms with Gasteiger partial charge in [0.25, 0.3) is 0 Å². The van der Waals surface area contributed by atoms with Gasteiger partial charge in [-0.25, -0.2) is 0 Å². The highest BCUT2D eigenvalue weighted by Crippen LogP contribution is 2.01. The largest absolute Gasteiger partial charge is 0.372 e. The number of primary amides is 1. The van der Waals surface area contributed by atoms with Gasteiger partial charge in [-0.3, -0.25) is 4.79 Å². The SMILES string of the molecule is COCC#Cc1ccc(C(N)=O)cc1. The standard InChI is InChI=1S/C11H11NO2/c1-14-8-2-3-9-4-6-10(7-5-9)11(12)13/h4-7H,8H2,1H3,(H2,12,13). The zero-order valence-electron chi connectivity index (χ0n) is 7.91. The van der Waals surface area contributed by atoms with Gasteiger partial charge in [0, 0.05) is 18.2 Å². The molecule has 0 fully saturated rings. The molecular formula is C11H11NO2. The van der Waals surface area contributed by atoms with Gasteiger partial charge in [0.1, 0.15) is 6.61 Å². The van der Waals surface area contributed by atoms with Gasteiger partial charge < -0.3 is 10.5 Å². The van der Waals surface area contributed by atoms with Gasteiger partial charge in [0.05, 0.1) is 0 Å². The Balaban J connectivity index is 2.75. The Hall–Kier alpha value is -1.79. The summed E-state index contributed by atoms with van der Waals surface area (Å²) in [7, 11) is 1.59. The third kappa shape index (κ3) is 2.92. The molecule has 0 unspecified atom stereocenters. The van der Waals surface area contributed by atoms with E-state index >= 15 is 0 Å². The van der Waals surface area contributed by atoms with Crippen LogP contribution in [-0.2, 0) is 4.74 Å². The van der Waals surface area contributed by atoms with Crippen molar-refractivity contribution in [2.45, 2.75) is 0 Å². The Morgan fingerprint density at radius 3 is 2.57 bits per heavy atom. The van der Waals surface area contributed by atoms with E-state index in [1.54, 1.807) is 31.4 Å². The van der Waals surface area contributed by atoms with Crippen LogP contribution in [0.3, 0.4) is 0 Å². The van der Waals surface area contributed by atoms with Gasteiger partial charge in [-0.05, 0) is 24.3 Å². The molecule has 0 aliphatic rings. The number of carbonyl (C=O) groups is 1. The predicted octanol–water partition coefficient (Wildman–Crippen LogP) is 0.783. The van der Waals surface area contributed by atoms with Gasteiger partial charge in [-0.15, -0.1) is 0 Å². The summed E-state index contributed by atoms with van der Waals surface area (Å²) in [4.78, 5) is 10.7. The minimum Gasteiger partial charge on any atom is -0.372 e. The van der Waals surface area contributed by atoms with Gasteiger partial charge in [-0.1, -0.05) is 11.8 Å². The van der Waals surface area contributed by atoms with Crippen LogP contribution in [0.5, 0.6) is 0 Å². The summed E-state index contributed by atoms with van der Waals surface area (Å²) in [6.07, 6.45) is 0. The second-order valence-electron chi connectivity index (χ2n) is 2.68. The van der Waals surface area contributed by atoms with E-state index < -0.39 is 5.91 Å². The molecule has 3 heteroatoms. The van der Waals surface area contributed by atoms with Gasteiger partial charge in [0.15, 0.2) is 0 Å². The Labute approximate surface area is 82.9 Å². The van der Waals surface area contributed by atoms with Gasteiger partial charge in [-0.2, -0.15) is 0 Å². The first-order chi connectivity index (χ1) is 6.74. The molecule has 3 nitrogen and oxygen atoms in total. The van der Waals surface area contributed by atoms with Crippen LogP contribution in [0.1, 0.15) is 15.9 Å². The number of ether oxygens (including phenoxy) is 1. The van der Waals surface area contributed by atoms with E-state index in [2.05, 4.69) is 11.8 Å². The minimum atomic E-state index is -0.429. The lowest BCUT2D eigenvalue weighted by atomic mass is 10.1. The lowest BCUT2D eigenvalue weighted by Gasteiger charge is -1.94. The van der Waals surface area contributed by atoms with E-state index in [0.29, 0.717) is 12.2 Å². The molecule has 0 aromatic heterocycles. The van der Waals surface area contributed by atoms with E-state index in [-0.39, 0.29) is 0 Å². The lowest BCUT2D eigenvalue weighted by Crippen LogP contribution is -2.10. The van der Waals surface area contributed by atoms with Crippen molar-refractivity contribution >= 4 is 5.91 Å². The number of nitrogens with two attached hydrogens (primary N) is 1. The van der Waals surface area contributed by atoms with Crippen LogP contribution in [0.4, 0.5) is 0 Å². The second kappa shape index (κ2) is 5.05. The Bertz CT molecular complexity index is 371. The molecule has 72 valence electrons. The lowest BCUT2D eigenvalue weighted by molar-refractivity contribution is 0.100. The van der Waals surface area contributed by atoms with Crippen LogP contribution < -0.4 is 5.73 Å². The van der Waals surface area contributed by atoms with Crippen molar-refractivity contribution < 1.29 is 9.53 Å². The average molecular weight is 189 g/mol. The van der Waals surface area contributed by atoms with Crippen molar-refractivity contribution in [3.05, 3.63) is 35.4 Å². The summed E-state index contributed by atoms with van der Waals surface area (Å²) in [5.74, 6) is 5.27. The summed E-state index contributed by atoms with van der Waals surface area (Å²) in [5, 5.41) is 0. The molecule has 0 saturated heterocycles. The number of rotatable bonds is 2. The molecule has 0 saturated carbocycles. The summed E-state index contributed by atoms with van der Waals surface area (Å²) in [6.45, 7) is 0.400. The number of carbonyl (C=O) groups excluding carboxylic acids is 1. The third-order valence-corrected chi connectivity index (χ3v) is 1.62. The molecule has 0 bridgehead atoms. The minimum absolute atomic E-state index is 0.400. The first-order valence-corrected chi connectivity index (χ1v) is 4.11. The van der Waals surface area contributed by atoms with Crippen molar-refractivity contribution in [3.8, 4) is 11.8 Å². The number of benzene rings is 1. The number of amides is 1. The highest BCUT2D eigenvalue weighted by Gasteiger charge is 1.97. The summed E-state index contributed by atoms with van der Waals surface area (Å²) in [5.41, 5.74) is 6.42. The van der Waals surface area contributed by atoms with E-state index in [0.717, 1.165) is 5.56 Å². The van der Waals surface area contributed by atoms with Crippen molar-refractivity contribution in [2.24, 2.45) is 5.73 Å². The molecule has 1 rings (SSSR count). The predicted molar refractivity (Wildman–Crippen MR) is 53.7 cm³/mol. The highest BCUT2D eigenvalue weighted by atomic mass is 16.5. The zero-order chi connectivity index (χ0) is 10.4. The maximum atomic E-state index is 10.7. The molecule has 2 N–H and O–H groups in total. The first kappa shape index (κ1) is 10.3. The average Bonchev–Trinajstić information content (AvgIpc) is 2.19. The van der Waals surface area contributed by atoms with Crippen molar-refractivity contribution in [3.63, 3.8) is 0 Å². The maximum absolute atomic E-state index is 10.7. The number of hydrogen-bond donors (Lipinski definition) is 1. The Morgan fingerprint density at radius 1 is 1.43 bits per heavy atom.